The molecule has 0 saturated carbocycles. The molecule has 10 heterocycles. The largest absolute Gasteiger partial charge is 0.473 e. The van der Waals surface area contributed by atoms with Crippen LogP contribution in [-0.4, -0.2) is 75.0 Å². The molecule has 0 bridgehead atoms. The molecule has 25 rings (SSSR count). The molecule has 15 aromatic carbocycles. The van der Waals surface area contributed by atoms with E-state index in [0.717, 1.165) is 31.8 Å². The highest BCUT2D eigenvalue weighted by Gasteiger charge is 2.07. The second kappa shape index (κ2) is 55.5. The topological polar surface area (TPSA) is 212 Å². The van der Waals surface area contributed by atoms with Crippen molar-refractivity contribution in [1.29, 1.82) is 0 Å². The van der Waals surface area contributed by atoms with Gasteiger partial charge >= 0.3 is 0 Å². The van der Waals surface area contributed by atoms with Crippen molar-refractivity contribution >= 4 is 131 Å². The minimum atomic E-state index is 0.623. The molecule has 0 radical (unpaired) electrons. The maximum absolute atomic E-state index is 4.86. The third kappa shape index (κ3) is 33.1. The normalized spacial score (nSPS) is 9.73. The molecule has 25 aromatic rings. The fourth-order valence-electron chi connectivity index (χ4n) is 12.5. The van der Waals surface area contributed by atoms with E-state index in [-0.39, 0.29) is 0 Å². The van der Waals surface area contributed by atoms with Crippen LogP contribution in [0.25, 0.3) is 108 Å². The SMILES string of the molecule is Cc1nnc(C)o1.Cc1nnc(C)s1.Cn1cccc1.c1ccc2c(c1)c1ccccc1c1ccccc21.c1ccc2c(c1)ccc1ccccc12.c1ccc2cc3ccccc3cc2c1.c1ccc2ccccc2c1.c1ccc2cnncc2c1.c1ccc2nccnc2c1.c1ccccc1.c1ccncc1.c1ccoc1.c1ccsc1.c1cnccn1.c1ncncn1. The third-order valence-corrected chi connectivity index (χ3v) is 19.8. The van der Waals surface area contributed by atoms with Gasteiger partial charge < -0.3 is 13.4 Å². The van der Waals surface area contributed by atoms with E-state index in [0.29, 0.717) is 11.8 Å². The van der Waals surface area contributed by atoms with E-state index in [4.69, 9.17) is 4.42 Å². The van der Waals surface area contributed by atoms with Gasteiger partial charge in [-0.25, -0.2) is 15.0 Å². The van der Waals surface area contributed by atoms with Crippen LogP contribution in [0.2, 0.25) is 0 Å². The molecule has 0 fully saturated rings. The first-order valence-electron chi connectivity index (χ1n) is 41.6. The number of furan rings is 1. The minimum Gasteiger partial charge on any atom is -0.473 e. The Balaban J connectivity index is 0.000000137. The number of aryl methyl sites for hydroxylation is 5. The summed E-state index contributed by atoms with van der Waals surface area (Å²) in [6.45, 7) is 7.43. The zero-order valence-electron chi connectivity index (χ0n) is 72.7. The highest BCUT2D eigenvalue weighted by molar-refractivity contribution is 7.11. The van der Waals surface area contributed by atoms with E-state index in [1.807, 2.05) is 188 Å². The Bertz CT molecular complexity index is 6170. The van der Waals surface area contributed by atoms with Crippen LogP contribution in [0.5, 0.6) is 0 Å². The van der Waals surface area contributed by atoms with Gasteiger partial charge in [-0.15, -0.1) is 31.7 Å². The van der Waals surface area contributed by atoms with Gasteiger partial charge in [-0.1, -0.05) is 322 Å². The molecule has 19 heteroatoms. The molecule has 0 aliphatic carbocycles. The summed E-state index contributed by atoms with van der Waals surface area (Å²) in [6.07, 6.45) is 28.5. The van der Waals surface area contributed by atoms with Crippen LogP contribution < -0.4 is 0 Å². The Hall–Kier alpha value is -16.7. The van der Waals surface area contributed by atoms with E-state index < -0.39 is 0 Å². The number of fused-ring (bicyclic) bond motifs is 14. The number of pyridine rings is 1. The van der Waals surface area contributed by atoms with Crippen LogP contribution in [0.1, 0.15) is 21.8 Å². The third-order valence-electron chi connectivity index (χ3n) is 18.4. The zero-order valence-corrected chi connectivity index (χ0v) is 74.3. The molecule has 0 amide bonds. The van der Waals surface area contributed by atoms with Gasteiger partial charge in [0.25, 0.3) is 0 Å². The van der Waals surface area contributed by atoms with E-state index in [1.165, 1.54) is 105 Å². The summed E-state index contributed by atoms with van der Waals surface area (Å²) in [7, 11) is 2.00. The molecule has 17 nitrogen and oxygen atoms in total. The fraction of sp³-hybridized carbons (Fsp3) is 0.0450. The molecule has 0 N–H and O–H groups in total. The smallest absolute Gasteiger partial charge is 0.213 e. The predicted octanol–water partition coefficient (Wildman–Crippen LogP) is 28.2. The van der Waals surface area contributed by atoms with Gasteiger partial charge in [-0.2, -0.15) is 21.5 Å². The maximum Gasteiger partial charge on any atom is 0.213 e. The number of para-hydroxylation sites is 2. The summed E-state index contributed by atoms with van der Waals surface area (Å²) < 4.78 is 11.4. The van der Waals surface area contributed by atoms with Crippen LogP contribution in [0.15, 0.2) is 508 Å². The van der Waals surface area contributed by atoms with Crippen LogP contribution in [0.4, 0.5) is 0 Å². The quantitative estimate of drug-likeness (QED) is 0.102. The predicted molar refractivity (Wildman–Crippen MR) is 539 cm³/mol. The lowest BCUT2D eigenvalue weighted by Crippen LogP contribution is -1.81. The number of rotatable bonds is 0. The van der Waals surface area contributed by atoms with Crippen molar-refractivity contribution < 1.29 is 8.83 Å². The second-order valence-electron chi connectivity index (χ2n) is 27.7. The fourth-order valence-corrected chi connectivity index (χ4v) is 13.5. The number of hydrogen-bond donors (Lipinski definition) is 0. The molecule has 640 valence electrons. The van der Waals surface area contributed by atoms with Gasteiger partial charge in [-0.05, 0) is 171 Å². The van der Waals surface area contributed by atoms with Gasteiger partial charge in [0.1, 0.15) is 29.0 Å². The lowest BCUT2D eigenvalue weighted by molar-refractivity contribution is 0.489. The second-order valence-corrected chi connectivity index (χ2v) is 29.9. The Morgan fingerprint density at radius 2 is 0.546 bits per heavy atom. The van der Waals surface area contributed by atoms with Gasteiger partial charge in [-0.3, -0.25) is 24.9 Å². The van der Waals surface area contributed by atoms with Crippen molar-refractivity contribution in [2.24, 2.45) is 7.05 Å². The van der Waals surface area contributed by atoms with Crippen molar-refractivity contribution in [3.63, 3.8) is 0 Å². The van der Waals surface area contributed by atoms with Gasteiger partial charge in [0.05, 0.1) is 36.0 Å². The van der Waals surface area contributed by atoms with Crippen LogP contribution in [0.3, 0.4) is 0 Å². The molecule has 0 spiro atoms. The van der Waals surface area contributed by atoms with Crippen LogP contribution in [-0.2, 0) is 7.05 Å². The summed E-state index contributed by atoms with van der Waals surface area (Å²) in [5.41, 5.74) is 1.90. The first-order chi connectivity index (χ1) is 64.2. The van der Waals surface area contributed by atoms with Crippen molar-refractivity contribution in [3.05, 3.63) is 521 Å². The molecule has 0 saturated heterocycles. The molecule has 10 aromatic heterocycles. The van der Waals surface area contributed by atoms with Crippen LogP contribution in [0, 0.1) is 27.7 Å². The van der Waals surface area contributed by atoms with Gasteiger partial charge in [0.2, 0.25) is 11.8 Å². The Labute approximate surface area is 764 Å². The summed E-state index contributed by atoms with van der Waals surface area (Å²) in [4.78, 5) is 30.2. The summed E-state index contributed by atoms with van der Waals surface area (Å²) in [6, 6.07) is 131. The van der Waals surface area contributed by atoms with Crippen LogP contribution >= 0.6 is 22.7 Å². The van der Waals surface area contributed by atoms with Gasteiger partial charge in [0.15, 0.2) is 0 Å². The highest BCUT2D eigenvalue weighted by Crippen LogP contribution is 2.35. The summed E-state index contributed by atoms with van der Waals surface area (Å²) >= 11 is 3.33. The van der Waals surface area contributed by atoms with E-state index in [9.17, 15) is 0 Å². The summed E-state index contributed by atoms with van der Waals surface area (Å²) in [5, 5.41) is 51.9. The molecular formula is C111H97N15O2S2. The van der Waals surface area contributed by atoms with Crippen molar-refractivity contribution in [2.75, 3.05) is 0 Å². The lowest BCUT2D eigenvalue weighted by Gasteiger charge is -2.09. The van der Waals surface area contributed by atoms with Crippen molar-refractivity contribution in [2.45, 2.75) is 27.7 Å². The maximum atomic E-state index is 4.86. The summed E-state index contributed by atoms with van der Waals surface area (Å²) in [5.74, 6) is 1.25. The minimum absolute atomic E-state index is 0.623. The lowest BCUT2D eigenvalue weighted by atomic mass is 9.95. The number of nitrogens with zero attached hydrogens (tertiary/aromatic N) is 15. The number of hydrogen-bond acceptors (Lipinski definition) is 18. The average Bonchev–Trinajstić information content (AvgIpc) is 0.773. The Morgan fingerprint density at radius 1 is 0.246 bits per heavy atom. The van der Waals surface area contributed by atoms with Gasteiger partial charge in [0, 0.05) is 93.6 Å². The Kier molecular flexibility index (Phi) is 40.1. The molecule has 0 atom stereocenters. The molecule has 0 aliphatic heterocycles. The first kappa shape index (κ1) is 93.9. The van der Waals surface area contributed by atoms with Crippen molar-refractivity contribution in [1.82, 2.24) is 75.0 Å². The van der Waals surface area contributed by atoms with E-state index >= 15 is 0 Å². The molecule has 130 heavy (non-hydrogen) atoms. The first-order valence-corrected chi connectivity index (χ1v) is 43.4. The average molecular weight is 1740 g/mol. The standard InChI is InChI=1S/C18H12.2C14H10.C10H8.2C8H6N2.C6H6.C5H7N.C5H5N.C4H6N2O.C4H6N2S.C4H4N2.C4H4O.C4H4S.C3H3N3/c1-2-8-14-13(7-1)15-9-3-4-11-17(15)18-12-6-5-10-16(14)18;1-3-7-13-11(5-1)9-10-12-6-2-4-8-14(12)13;1-2-6-12-10-14-8-4-3-7-13(14)9-11(12)5-1;1-2-6-10-8-4-3-7-9(10)5-1;1-2-4-8-6-10-9-5-7(8)3-1;1-2-4-8-7(3-1)9-5-6-10-8;1-2-4-6-5-3-1;1-6-4-2-3-5-6;1-2-4-6-5-3-1;2*1-3-5-6-4(2)7-3;1-2-6-4-3-5-1;2*1-2-4-5-3-1;1-4-2-6-3-5-1/h1-12H;2*1-10H;1-8H;2*1-6H;1-6H;2-5H,1H3;1-5H;2*1-2H3;1-4H;2*1-4H;1-3H. The molecule has 0 aliphatic rings. The van der Waals surface area contributed by atoms with E-state index in [1.54, 1.807) is 111 Å². The molecular weight excluding hydrogens is 1640 g/mol. The Morgan fingerprint density at radius 3 is 0.792 bits per heavy atom. The zero-order chi connectivity index (χ0) is 90.1. The molecule has 0 unspecified atom stereocenters. The van der Waals surface area contributed by atoms with E-state index in [2.05, 4.69) is 318 Å². The number of thiophene rings is 1. The highest BCUT2D eigenvalue weighted by atomic mass is 32.1. The van der Waals surface area contributed by atoms with Crippen molar-refractivity contribution in [3.8, 4) is 0 Å². The number of benzene rings is 15. The number of aromatic nitrogens is 15. The monoisotopic (exact) mass is 1740 g/mol.